The first-order valence-corrected chi connectivity index (χ1v) is 13.9. The zero-order valence-electron chi connectivity index (χ0n) is 21.2. The Kier molecular flexibility index (Phi) is 10.9. The van der Waals surface area contributed by atoms with Gasteiger partial charge in [-0.05, 0) is 49.1 Å². The van der Waals surface area contributed by atoms with E-state index in [2.05, 4.69) is 36.5 Å². The topological polar surface area (TPSA) is 49.4 Å². The van der Waals surface area contributed by atoms with Gasteiger partial charge < -0.3 is 10.2 Å². The number of rotatable bonds is 12. The minimum atomic E-state index is -0.621. The lowest BCUT2D eigenvalue weighted by Crippen LogP contribution is -2.52. The van der Waals surface area contributed by atoms with E-state index in [-0.39, 0.29) is 17.9 Å². The average Bonchev–Trinajstić information content (AvgIpc) is 2.88. The third kappa shape index (κ3) is 8.72. The molecule has 1 N–H and O–H groups in total. The summed E-state index contributed by atoms with van der Waals surface area (Å²) in [5, 5.41) is 3.75. The molecule has 0 heterocycles. The van der Waals surface area contributed by atoms with E-state index in [1.807, 2.05) is 68.4 Å². The minimum absolute atomic E-state index is 0.0270. The molecule has 3 aromatic carbocycles. The van der Waals surface area contributed by atoms with Crippen molar-refractivity contribution in [1.82, 2.24) is 10.2 Å². The zero-order valence-corrected chi connectivity index (χ0v) is 22.8. The predicted octanol–water partition coefficient (Wildman–Crippen LogP) is 6.44. The predicted molar refractivity (Wildman–Crippen MR) is 151 cm³/mol. The molecule has 0 aliphatic heterocycles. The molecule has 0 aliphatic carbocycles. The van der Waals surface area contributed by atoms with Crippen LogP contribution in [-0.2, 0) is 28.3 Å². The summed E-state index contributed by atoms with van der Waals surface area (Å²) >= 11 is 7.66. The van der Waals surface area contributed by atoms with Crippen molar-refractivity contribution in [3.63, 3.8) is 0 Å². The van der Waals surface area contributed by atoms with Gasteiger partial charge in [-0.25, -0.2) is 0 Å². The number of hydrogen-bond donors (Lipinski definition) is 1. The molecule has 0 bridgehead atoms. The number of benzene rings is 3. The van der Waals surface area contributed by atoms with E-state index in [0.717, 1.165) is 23.3 Å². The molecule has 3 aromatic rings. The molecule has 0 spiro atoms. The van der Waals surface area contributed by atoms with Crippen LogP contribution in [0.1, 0.15) is 42.5 Å². The Morgan fingerprint density at radius 1 is 0.917 bits per heavy atom. The number of nitrogens with one attached hydrogen (secondary N) is 1. The van der Waals surface area contributed by atoms with Gasteiger partial charge in [-0.2, -0.15) is 0 Å². The maximum absolute atomic E-state index is 13.6. The Bertz CT molecular complexity index is 1100. The monoisotopic (exact) mass is 522 g/mol. The Labute approximate surface area is 224 Å². The van der Waals surface area contributed by atoms with Crippen LogP contribution >= 0.6 is 23.4 Å². The fourth-order valence-electron chi connectivity index (χ4n) is 3.80. The Morgan fingerprint density at radius 2 is 1.56 bits per heavy atom. The van der Waals surface area contributed by atoms with Crippen molar-refractivity contribution >= 4 is 35.2 Å². The fraction of sp³-hybridized carbons (Fsp3) is 0.333. The minimum Gasteiger partial charge on any atom is -0.352 e. The van der Waals surface area contributed by atoms with Crippen molar-refractivity contribution in [1.29, 1.82) is 0 Å². The largest absolute Gasteiger partial charge is 0.352 e. The van der Waals surface area contributed by atoms with Gasteiger partial charge in [0.2, 0.25) is 11.8 Å². The van der Waals surface area contributed by atoms with Crippen molar-refractivity contribution in [2.45, 2.75) is 58.0 Å². The van der Waals surface area contributed by atoms with E-state index < -0.39 is 6.04 Å². The Morgan fingerprint density at radius 3 is 2.19 bits per heavy atom. The van der Waals surface area contributed by atoms with Gasteiger partial charge in [0.25, 0.3) is 0 Å². The number of halogens is 1. The van der Waals surface area contributed by atoms with E-state index in [9.17, 15) is 9.59 Å². The van der Waals surface area contributed by atoms with Crippen molar-refractivity contribution in [3.8, 4) is 0 Å². The van der Waals surface area contributed by atoms with Crippen LogP contribution in [0, 0.1) is 6.92 Å². The summed E-state index contributed by atoms with van der Waals surface area (Å²) in [5.41, 5.74) is 4.34. The molecule has 0 saturated heterocycles. The second-order valence-electron chi connectivity index (χ2n) is 9.15. The van der Waals surface area contributed by atoms with Gasteiger partial charge in [0, 0.05) is 29.8 Å². The Hall–Kier alpha value is -2.76. The smallest absolute Gasteiger partial charge is 0.243 e. The van der Waals surface area contributed by atoms with Gasteiger partial charge in [0.15, 0.2) is 0 Å². The molecule has 0 radical (unpaired) electrons. The number of carbonyl (C=O) groups is 2. The van der Waals surface area contributed by atoms with Gasteiger partial charge >= 0.3 is 0 Å². The average molecular weight is 523 g/mol. The molecular weight excluding hydrogens is 488 g/mol. The van der Waals surface area contributed by atoms with Crippen LogP contribution in [0.4, 0.5) is 0 Å². The van der Waals surface area contributed by atoms with E-state index >= 15 is 0 Å². The summed E-state index contributed by atoms with van der Waals surface area (Å²) in [6.07, 6.45) is 1.27. The number of thioether (sulfide) groups is 1. The van der Waals surface area contributed by atoms with Gasteiger partial charge in [-0.15, -0.1) is 11.8 Å². The molecule has 0 aromatic heterocycles. The molecule has 0 saturated carbocycles. The standard InChI is InChI=1S/C30H35ClN2O2S/c1-4-23(3)32-30(35)28(18-24-8-6-5-7-9-24)33(19-25-14-16-27(31)17-15-25)29(34)21-36-20-26-12-10-22(2)11-13-26/h5-17,23,28H,4,18-21H2,1-3H3,(H,32,35)/t23-,28+/m1/s1. The van der Waals surface area contributed by atoms with Crippen LogP contribution in [0.5, 0.6) is 0 Å². The highest BCUT2D eigenvalue weighted by Gasteiger charge is 2.30. The molecule has 3 rings (SSSR count). The molecule has 2 atom stereocenters. The van der Waals surface area contributed by atoms with Gasteiger partial charge in [-0.1, -0.05) is 90.8 Å². The van der Waals surface area contributed by atoms with Crippen LogP contribution in [0.25, 0.3) is 0 Å². The number of aryl methyl sites for hydroxylation is 1. The number of amides is 2. The lowest BCUT2D eigenvalue weighted by molar-refractivity contribution is -0.139. The van der Waals surface area contributed by atoms with Gasteiger partial charge in [0.05, 0.1) is 5.75 Å². The molecule has 0 unspecified atom stereocenters. The molecule has 4 nitrogen and oxygen atoms in total. The molecule has 0 aliphatic rings. The second-order valence-corrected chi connectivity index (χ2v) is 10.6. The summed E-state index contributed by atoms with van der Waals surface area (Å²) in [6.45, 7) is 6.43. The highest BCUT2D eigenvalue weighted by atomic mass is 35.5. The summed E-state index contributed by atoms with van der Waals surface area (Å²) in [7, 11) is 0. The number of hydrogen-bond acceptors (Lipinski definition) is 3. The van der Waals surface area contributed by atoms with Crippen LogP contribution in [0.15, 0.2) is 78.9 Å². The van der Waals surface area contributed by atoms with Crippen molar-refractivity contribution in [2.24, 2.45) is 0 Å². The zero-order chi connectivity index (χ0) is 25.9. The highest BCUT2D eigenvalue weighted by molar-refractivity contribution is 7.99. The van der Waals surface area contributed by atoms with Crippen molar-refractivity contribution in [2.75, 3.05) is 5.75 Å². The molecule has 6 heteroatoms. The Balaban J connectivity index is 1.84. The normalized spacial score (nSPS) is 12.6. The summed E-state index contributed by atoms with van der Waals surface area (Å²) < 4.78 is 0. The molecule has 2 amide bonds. The first-order chi connectivity index (χ1) is 17.4. The van der Waals surface area contributed by atoms with E-state index in [4.69, 9.17) is 11.6 Å². The van der Waals surface area contributed by atoms with Crippen molar-refractivity contribution in [3.05, 3.63) is 106 Å². The van der Waals surface area contributed by atoms with E-state index in [0.29, 0.717) is 23.7 Å². The maximum atomic E-state index is 13.6. The van der Waals surface area contributed by atoms with Crippen LogP contribution < -0.4 is 5.32 Å². The molecule has 36 heavy (non-hydrogen) atoms. The third-order valence-electron chi connectivity index (χ3n) is 6.15. The number of carbonyl (C=O) groups excluding carboxylic acids is 2. The van der Waals surface area contributed by atoms with Crippen LogP contribution in [0.2, 0.25) is 5.02 Å². The summed E-state index contributed by atoms with van der Waals surface area (Å²) in [6, 6.07) is 25.1. The quantitative estimate of drug-likeness (QED) is 0.298. The second kappa shape index (κ2) is 14.1. The first-order valence-electron chi connectivity index (χ1n) is 12.4. The van der Waals surface area contributed by atoms with Gasteiger partial charge in [0.1, 0.15) is 6.04 Å². The van der Waals surface area contributed by atoms with Crippen LogP contribution in [0.3, 0.4) is 0 Å². The fourth-order valence-corrected chi connectivity index (χ4v) is 4.80. The van der Waals surface area contributed by atoms with Crippen molar-refractivity contribution < 1.29 is 9.59 Å². The number of nitrogens with zero attached hydrogens (tertiary/aromatic N) is 1. The molecular formula is C30H35ClN2O2S. The lowest BCUT2D eigenvalue weighted by atomic mass is 10.0. The summed E-state index contributed by atoms with van der Waals surface area (Å²) in [4.78, 5) is 28.9. The van der Waals surface area contributed by atoms with E-state index in [1.54, 1.807) is 16.7 Å². The summed E-state index contributed by atoms with van der Waals surface area (Å²) in [5.74, 6) is 0.855. The van der Waals surface area contributed by atoms with E-state index in [1.165, 1.54) is 11.1 Å². The maximum Gasteiger partial charge on any atom is 0.243 e. The SMILES string of the molecule is CC[C@@H](C)NC(=O)[C@H](Cc1ccccc1)N(Cc1ccc(Cl)cc1)C(=O)CSCc1ccc(C)cc1. The first kappa shape index (κ1) is 27.8. The molecule has 0 fully saturated rings. The third-order valence-corrected chi connectivity index (χ3v) is 7.39. The lowest BCUT2D eigenvalue weighted by Gasteiger charge is -2.32. The highest BCUT2D eigenvalue weighted by Crippen LogP contribution is 2.20. The molecule has 190 valence electrons. The van der Waals surface area contributed by atoms with Gasteiger partial charge in [-0.3, -0.25) is 9.59 Å². The van der Waals surface area contributed by atoms with Crippen LogP contribution in [-0.4, -0.2) is 34.6 Å².